The molecule has 100 valence electrons. The number of nitrogen functional groups attached to an aromatic ring is 1. The Balaban J connectivity index is 2.09. The second-order valence-electron chi connectivity index (χ2n) is 5.39. The molecule has 1 aromatic rings. The van der Waals surface area contributed by atoms with Gasteiger partial charge in [-0.2, -0.15) is 0 Å². The van der Waals surface area contributed by atoms with E-state index in [4.69, 9.17) is 10.5 Å². The van der Waals surface area contributed by atoms with Gasteiger partial charge in [-0.25, -0.2) is 0 Å². The highest BCUT2D eigenvalue weighted by atomic mass is 16.5. The van der Waals surface area contributed by atoms with Crippen molar-refractivity contribution < 1.29 is 4.74 Å². The summed E-state index contributed by atoms with van der Waals surface area (Å²) in [6, 6.07) is 6.44. The van der Waals surface area contributed by atoms with E-state index >= 15 is 0 Å². The Bertz CT molecular complexity index is 405. The van der Waals surface area contributed by atoms with Crippen LogP contribution in [0.2, 0.25) is 0 Å². The summed E-state index contributed by atoms with van der Waals surface area (Å²) in [5.41, 5.74) is 7.73. The molecule has 0 aliphatic heterocycles. The zero-order valence-corrected chi connectivity index (χ0v) is 11.6. The molecule has 3 N–H and O–H groups in total. The van der Waals surface area contributed by atoms with Crippen molar-refractivity contribution in [3.8, 4) is 5.75 Å². The minimum Gasteiger partial charge on any atom is -0.494 e. The van der Waals surface area contributed by atoms with E-state index in [1.165, 1.54) is 12.8 Å². The maximum atomic E-state index is 5.91. The third kappa shape index (κ3) is 2.89. The van der Waals surface area contributed by atoms with Crippen LogP contribution in [0, 0.1) is 11.8 Å². The van der Waals surface area contributed by atoms with E-state index in [9.17, 15) is 0 Å². The van der Waals surface area contributed by atoms with Crippen LogP contribution in [0.5, 0.6) is 5.75 Å². The average molecular weight is 248 g/mol. The maximum Gasteiger partial charge on any atom is 0.123 e. The number of nitrogens with one attached hydrogen (secondary N) is 1. The van der Waals surface area contributed by atoms with Crippen LogP contribution in [0.25, 0.3) is 0 Å². The molecule has 3 atom stereocenters. The normalized spacial score (nSPS) is 27.2. The first-order valence-electron chi connectivity index (χ1n) is 6.90. The molecule has 0 radical (unpaired) electrons. The number of anilines is 2. The van der Waals surface area contributed by atoms with Crippen LogP contribution in [0.3, 0.4) is 0 Å². The van der Waals surface area contributed by atoms with Crippen molar-refractivity contribution in [1.82, 2.24) is 0 Å². The Labute approximate surface area is 110 Å². The number of benzene rings is 1. The lowest BCUT2D eigenvalue weighted by molar-refractivity contribution is 0.340. The Morgan fingerprint density at radius 3 is 2.67 bits per heavy atom. The van der Waals surface area contributed by atoms with Gasteiger partial charge in [0.05, 0.1) is 6.61 Å². The minimum atomic E-state index is 0.552. The second kappa shape index (κ2) is 5.51. The summed E-state index contributed by atoms with van der Waals surface area (Å²) >= 11 is 0. The maximum absolute atomic E-state index is 5.91. The number of nitrogens with two attached hydrogens (primary N) is 1. The van der Waals surface area contributed by atoms with Gasteiger partial charge in [-0.1, -0.05) is 13.8 Å². The monoisotopic (exact) mass is 248 g/mol. The lowest BCUT2D eigenvalue weighted by Crippen LogP contribution is -2.24. The molecule has 0 aromatic heterocycles. The summed E-state index contributed by atoms with van der Waals surface area (Å²) in [6.45, 7) is 7.30. The van der Waals surface area contributed by atoms with Crippen LogP contribution in [0.4, 0.5) is 11.4 Å². The zero-order chi connectivity index (χ0) is 13.1. The van der Waals surface area contributed by atoms with E-state index in [1.54, 1.807) is 0 Å². The first-order chi connectivity index (χ1) is 8.60. The Morgan fingerprint density at radius 2 is 2.06 bits per heavy atom. The van der Waals surface area contributed by atoms with Gasteiger partial charge in [0.1, 0.15) is 5.75 Å². The molecule has 0 saturated heterocycles. The summed E-state index contributed by atoms with van der Waals surface area (Å²) in [4.78, 5) is 0. The lowest BCUT2D eigenvalue weighted by atomic mass is 9.97. The molecule has 3 unspecified atom stereocenters. The molecule has 1 aliphatic carbocycles. The molecule has 18 heavy (non-hydrogen) atoms. The summed E-state index contributed by atoms with van der Waals surface area (Å²) in [5, 5.41) is 3.60. The Hall–Kier alpha value is -1.38. The molecule has 0 bridgehead atoms. The number of ether oxygens (including phenoxy) is 1. The standard InChI is InChI=1S/C15H24N2O/c1-4-18-14-8-12(16)7-13(9-14)17-15-6-5-10(2)11(15)3/h7-11,15,17H,4-6,16H2,1-3H3. The molecule has 0 spiro atoms. The molecule has 1 fully saturated rings. The Kier molecular flexibility index (Phi) is 4.00. The number of rotatable bonds is 4. The van der Waals surface area contributed by atoms with Gasteiger partial charge in [-0.05, 0) is 37.7 Å². The molecular weight excluding hydrogens is 224 g/mol. The highest BCUT2D eigenvalue weighted by molar-refractivity contribution is 5.59. The molecule has 1 aromatic carbocycles. The molecule has 2 rings (SSSR count). The van der Waals surface area contributed by atoms with E-state index in [0.29, 0.717) is 18.6 Å². The van der Waals surface area contributed by atoms with Gasteiger partial charge in [-0.15, -0.1) is 0 Å². The summed E-state index contributed by atoms with van der Waals surface area (Å²) in [6.07, 6.45) is 2.54. The molecule has 1 aliphatic rings. The van der Waals surface area contributed by atoms with Crippen LogP contribution < -0.4 is 15.8 Å². The smallest absolute Gasteiger partial charge is 0.123 e. The van der Waals surface area contributed by atoms with Gasteiger partial charge in [0.25, 0.3) is 0 Å². The highest BCUT2D eigenvalue weighted by Gasteiger charge is 2.29. The Morgan fingerprint density at radius 1 is 1.28 bits per heavy atom. The fraction of sp³-hybridized carbons (Fsp3) is 0.600. The van der Waals surface area contributed by atoms with Crippen molar-refractivity contribution in [3.05, 3.63) is 18.2 Å². The number of hydrogen-bond donors (Lipinski definition) is 2. The molecule has 1 saturated carbocycles. The quantitative estimate of drug-likeness (QED) is 0.801. The molecule has 3 heteroatoms. The fourth-order valence-corrected chi connectivity index (χ4v) is 2.74. The van der Waals surface area contributed by atoms with Gasteiger partial charge in [0.2, 0.25) is 0 Å². The third-order valence-corrected chi connectivity index (χ3v) is 4.06. The number of hydrogen-bond acceptors (Lipinski definition) is 3. The average Bonchev–Trinajstić information content (AvgIpc) is 2.61. The van der Waals surface area contributed by atoms with Crippen LogP contribution in [-0.2, 0) is 0 Å². The zero-order valence-electron chi connectivity index (χ0n) is 11.6. The predicted molar refractivity (Wildman–Crippen MR) is 77.0 cm³/mol. The minimum absolute atomic E-state index is 0.552. The topological polar surface area (TPSA) is 47.3 Å². The van der Waals surface area contributed by atoms with E-state index in [0.717, 1.165) is 23.0 Å². The highest BCUT2D eigenvalue weighted by Crippen LogP contribution is 2.34. The summed E-state index contributed by atoms with van der Waals surface area (Å²) in [5.74, 6) is 2.36. The van der Waals surface area contributed by atoms with Crippen molar-refractivity contribution >= 4 is 11.4 Å². The van der Waals surface area contributed by atoms with Gasteiger partial charge >= 0.3 is 0 Å². The van der Waals surface area contributed by atoms with Crippen molar-refractivity contribution in [3.63, 3.8) is 0 Å². The van der Waals surface area contributed by atoms with Crippen LogP contribution in [-0.4, -0.2) is 12.6 Å². The van der Waals surface area contributed by atoms with Crippen molar-refractivity contribution in [1.29, 1.82) is 0 Å². The van der Waals surface area contributed by atoms with E-state index in [1.807, 2.05) is 25.1 Å². The first kappa shape index (κ1) is 13.1. The fourth-order valence-electron chi connectivity index (χ4n) is 2.74. The molecule has 0 heterocycles. The predicted octanol–water partition coefficient (Wildman–Crippen LogP) is 3.51. The van der Waals surface area contributed by atoms with Crippen LogP contribution >= 0.6 is 0 Å². The lowest BCUT2D eigenvalue weighted by Gasteiger charge is -2.21. The van der Waals surface area contributed by atoms with Gasteiger partial charge in [0, 0.05) is 29.5 Å². The van der Waals surface area contributed by atoms with Crippen LogP contribution in [0.1, 0.15) is 33.6 Å². The first-order valence-corrected chi connectivity index (χ1v) is 6.90. The van der Waals surface area contributed by atoms with E-state index in [-0.39, 0.29) is 0 Å². The van der Waals surface area contributed by atoms with Gasteiger partial charge < -0.3 is 15.8 Å². The van der Waals surface area contributed by atoms with Crippen molar-refractivity contribution in [2.45, 2.75) is 39.7 Å². The van der Waals surface area contributed by atoms with Crippen molar-refractivity contribution in [2.75, 3.05) is 17.7 Å². The van der Waals surface area contributed by atoms with Gasteiger partial charge in [-0.3, -0.25) is 0 Å². The third-order valence-electron chi connectivity index (χ3n) is 4.06. The van der Waals surface area contributed by atoms with E-state index in [2.05, 4.69) is 19.2 Å². The van der Waals surface area contributed by atoms with Crippen LogP contribution in [0.15, 0.2) is 18.2 Å². The summed E-state index contributed by atoms with van der Waals surface area (Å²) < 4.78 is 5.52. The molecule has 3 nitrogen and oxygen atoms in total. The summed E-state index contributed by atoms with van der Waals surface area (Å²) in [7, 11) is 0. The van der Waals surface area contributed by atoms with Crippen molar-refractivity contribution in [2.24, 2.45) is 11.8 Å². The van der Waals surface area contributed by atoms with Gasteiger partial charge in [0.15, 0.2) is 0 Å². The second-order valence-corrected chi connectivity index (χ2v) is 5.39. The SMILES string of the molecule is CCOc1cc(N)cc(NC2CCC(C)C2C)c1. The molecular formula is C15H24N2O. The largest absolute Gasteiger partial charge is 0.494 e. The van der Waals surface area contributed by atoms with E-state index < -0.39 is 0 Å². The molecule has 0 amide bonds.